The van der Waals surface area contributed by atoms with Gasteiger partial charge in [0, 0.05) is 18.6 Å². The standard InChI is InChI=1S/C15H27N3O3/c1-10-8-18(9-12(21-10)11-5-6-11)14(20)16-7-13(19)17-15(2,3)4/h10-12H,5-9H2,1-4H3,(H,16,20)(H,17,19)/t10-,12+/m1/s1. The molecule has 2 atom stereocenters. The summed E-state index contributed by atoms with van der Waals surface area (Å²) in [7, 11) is 0. The first-order valence-corrected chi connectivity index (χ1v) is 7.74. The van der Waals surface area contributed by atoms with E-state index in [0.29, 0.717) is 19.0 Å². The van der Waals surface area contributed by atoms with Gasteiger partial charge in [-0.25, -0.2) is 4.79 Å². The molecular weight excluding hydrogens is 270 g/mol. The number of morpholine rings is 1. The van der Waals surface area contributed by atoms with Crippen LogP contribution < -0.4 is 10.6 Å². The second-order valence-electron chi connectivity index (χ2n) is 7.18. The van der Waals surface area contributed by atoms with Crippen LogP contribution in [0.15, 0.2) is 0 Å². The molecule has 1 saturated carbocycles. The lowest BCUT2D eigenvalue weighted by Crippen LogP contribution is -2.54. The van der Waals surface area contributed by atoms with Crippen LogP contribution in [0, 0.1) is 5.92 Å². The van der Waals surface area contributed by atoms with E-state index < -0.39 is 0 Å². The molecule has 0 unspecified atom stereocenters. The fourth-order valence-corrected chi connectivity index (χ4v) is 2.61. The van der Waals surface area contributed by atoms with Crippen LogP contribution in [0.4, 0.5) is 4.79 Å². The highest BCUT2D eigenvalue weighted by Crippen LogP contribution is 2.36. The fourth-order valence-electron chi connectivity index (χ4n) is 2.61. The highest BCUT2D eigenvalue weighted by molar-refractivity contribution is 5.84. The van der Waals surface area contributed by atoms with Gasteiger partial charge >= 0.3 is 6.03 Å². The van der Waals surface area contributed by atoms with Gasteiger partial charge in [-0.3, -0.25) is 4.79 Å². The smallest absolute Gasteiger partial charge is 0.318 e. The Balaban J connectivity index is 1.78. The zero-order chi connectivity index (χ0) is 15.6. The molecule has 2 rings (SSSR count). The lowest BCUT2D eigenvalue weighted by atomic mass is 10.1. The lowest BCUT2D eigenvalue weighted by Gasteiger charge is -2.37. The molecule has 6 heteroatoms. The predicted octanol–water partition coefficient (Wildman–Crippen LogP) is 1.11. The van der Waals surface area contributed by atoms with Crippen molar-refractivity contribution in [1.29, 1.82) is 0 Å². The van der Waals surface area contributed by atoms with Gasteiger partial charge in [0.1, 0.15) is 0 Å². The molecule has 0 bridgehead atoms. The molecule has 1 saturated heterocycles. The molecule has 0 aromatic rings. The van der Waals surface area contributed by atoms with Crippen LogP contribution in [0.5, 0.6) is 0 Å². The van der Waals surface area contributed by atoms with Crippen molar-refractivity contribution in [2.24, 2.45) is 5.92 Å². The van der Waals surface area contributed by atoms with Gasteiger partial charge in [-0.1, -0.05) is 0 Å². The Hall–Kier alpha value is -1.30. The highest BCUT2D eigenvalue weighted by Gasteiger charge is 2.38. The van der Waals surface area contributed by atoms with E-state index in [4.69, 9.17) is 4.74 Å². The Morgan fingerprint density at radius 3 is 2.48 bits per heavy atom. The number of carbonyl (C=O) groups excluding carboxylic acids is 2. The van der Waals surface area contributed by atoms with Gasteiger partial charge in [0.2, 0.25) is 5.91 Å². The summed E-state index contributed by atoms with van der Waals surface area (Å²) in [5.74, 6) is 0.433. The van der Waals surface area contributed by atoms with Gasteiger partial charge in [0.05, 0.1) is 18.8 Å². The van der Waals surface area contributed by atoms with Crippen LogP contribution in [0.3, 0.4) is 0 Å². The van der Waals surface area contributed by atoms with Crippen molar-refractivity contribution < 1.29 is 14.3 Å². The molecular formula is C15H27N3O3. The Bertz CT molecular complexity index is 401. The second kappa shape index (κ2) is 6.22. The third-order valence-corrected chi connectivity index (χ3v) is 3.63. The van der Waals surface area contributed by atoms with Crippen LogP contribution >= 0.6 is 0 Å². The van der Waals surface area contributed by atoms with Crippen LogP contribution in [-0.4, -0.2) is 54.2 Å². The molecule has 0 spiro atoms. The van der Waals surface area contributed by atoms with Gasteiger partial charge in [-0.15, -0.1) is 0 Å². The van der Waals surface area contributed by atoms with E-state index >= 15 is 0 Å². The van der Waals surface area contributed by atoms with Crippen molar-refractivity contribution in [3.05, 3.63) is 0 Å². The maximum Gasteiger partial charge on any atom is 0.318 e. The van der Waals surface area contributed by atoms with Crippen molar-refractivity contribution in [1.82, 2.24) is 15.5 Å². The lowest BCUT2D eigenvalue weighted by molar-refractivity contribution is -0.121. The number of carbonyl (C=O) groups is 2. The monoisotopic (exact) mass is 297 g/mol. The van der Waals surface area contributed by atoms with Crippen LogP contribution in [0.25, 0.3) is 0 Å². The summed E-state index contributed by atoms with van der Waals surface area (Å²) < 4.78 is 5.88. The van der Waals surface area contributed by atoms with Crippen LogP contribution in [0.2, 0.25) is 0 Å². The summed E-state index contributed by atoms with van der Waals surface area (Å²) >= 11 is 0. The average molecular weight is 297 g/mol. The minimum absolute atomic E-state index is 0.00986. The van der Waals surface area contributed by atoms with Crippen molar-refractivity contribution in [2.75, 3.05) is 19.6 Å². The Kier molecular flexibility index (Phi) is 4.76. The molecule has 3 amide bonds. The molecule has 6 nitrogen and oxygen atoms in total. The molecule has 2 N–H and O–H groups in total. The predicted molar refractivity (Wildman–Crippen MR) is 79.9 cm³/mol. The molecule has 120 valence electrons. The van der Waals surface area contributed by atoms with Gasteiger partial charge < -0.3 is 20.3 Å². The number of nitrogens with zero attached hydrogens (tertiary/aromatic N) is 1. The second-order valence-corrected chi connectivity index (χ2v) is 7.18. The summed E-state index contributed by atoms with van der Waals surface area (Å²) in [5, 5.41) is 5.52. The number of hydrogen-bond acceptors (Lipinski definition) is 3. The number of urea groups is 1. The first-order valence-electron chi connectivity index (χ1n) is 7.74. The highest BCUT2D eigenvalue weighted by atomic mass is 16.5. The Morgan fingerprint density at radius 2 is 1.90 bits per heavy atom. The van der Waals surface area contributed by atoms with Gasteiger partial charge in [-0.2, -0.15) is 0 Å². The normalized spacial score (nSPS) is 26.4. The van der Waals surface area contributed by atoms with Crippen LogP contribution in [-0.2, 0) is 9.53 Å². The molecule has 2 fully saturated rings. The summed E-state index contributed by atoms with van der Waals surface area (Å²) in [6, 6.07) is -0.181. The number of amides is 3. The third-order valence-electron chi connectivity index (χ3n) is 3.63. The van der Waals surface area contributed by atoms with Crippen molar-refractivity contribution in [3.63, 3.8) is 0 Å². The van der Waals surface area contributed by atoms with Gasteiger partial charge in [0.15, 0.2) is 0 Å². The fraction of sp³-hybridized carbons (Fsp3) is 0.867. The minimum atomic E-state index is -0.285. The molecule has 2 aliphatic rings. The van der Waals surface area contributed by atoms with E-state index in [1.54, 1.807) is 4.90 Å². The largest absolute Gasteiger partial charge is 0.371 e. The maximum absolute atomic E-state index is 12.2. The van der Waals surface area contributed by atoms with Crippen molar-refractivity contribution in [3.8, 4) is 0 Å². The van der Waals surface area contributed by atoms with Crippen LogP contribution in [0.1, 0.15) is 40.5 Å². The number of hydrogen-bond donors (Lipinski definition) is 2. The number of rotatable bonds is 3. The summed E-state index contributed by atoms with van der Waals surface area (Å²) in [4.78, 5) is 25.7. The van der Waals surface area contributed by atoms with E-state index in [2.05, 4.69) is 10.6 Å². The van der Waals surface area contributed by atoms with E-state index in [1.165, 1.54) is 12.8 Å². The van der Waals surface area contributed by atoms with Gasteiger partial charge in [0.25, 0.3) is 0 Å². The maximum atomic E-state index is 12.2. The summed E-state index contributed by atoms with van der Waals surface area (Å²) in [6.07, 6.45) is 2.60. The SMILES string of the molecule is C[C@@H]1CN(C(=O)NCC(=O)NC(C)(C)C)C[C@@H](C2CC2)O1. The quantitative estimate of drug-likeness (QED) is 0.820. The van der Waals surface area contributed by atoms with Gasteiger partial charge in [-0.05, 0) is 46.5 Å². The van der Waals surface area contributed by atoms with Crippen molar-refractivity contribution in [2.45, 2.75) is 58.3 Å². The minimum Gasteiger partial charge on any atom is -0.371 e. The first-order chi connectivity index (χ1) is 9.74. The third kappa shape index (κ3) is 5.19. The molecule has 0 radical (unpaired) electrons. The van der Waals surface area contributed by atoms with E-state index in [0.717, 1.165) is 0 Å². The van der Waals surface area contributed by atoms with E-state index in [-0.39, 0.29) is 36.2 Å². The Labute approximate surface area is 126 Å². The topological polar surface area (TPSA) is 70.7 Å². The molecule has 1 aliphatic heterocycles. The summed E-state index contributed by atoms with van der Waals surface area (Å²) in [6.45, 7) is 8.94. The zero-order valence-corrected chi connectivity index (χ0v) is 13.4. The molecule has 1 aliphatic carbocycles. The Morgan fingerprint density at radius 1 is 1.24 bits per heavy atom. The zero-order valence-electron chi connectivity index (χ0n) is 13.4. The average Bonchev–Trinajstić information content (AvgIpc) is 3.17. The molecule has 0 aromatic heterocycles. The number of ether oxygens (including phenoxy) is 1. The first kappa shape index (κ1) is 16.1. The molecule has 0 aromatic carbocycles. The molecule has 21 heavy (non-hydrogen) atoms. The summed E-state index contributed by atoms with van der Waals surface area (Å²) in [5.41, 5.74) is -0.285. The van der Waals surface area contributed by atoms with E-state index in [1.807, 2.05) is 27.7 Å². The van der Waals surface area contributed by atoms with Crippen molar-refractivity contribution >= 4 is 11.9 Å². The van der Waals surface area contributed by atoms with E-state index in [9.17, 15) is 9.59 Å². The molecule has 1 heterocycles. The number of nitrogens with one attached hydrogen (secondary N) is 2.